The third kappa shape index (κ3) is 4.99. The van der Waals surface area contributed by atoms with Gasteiger partial charge < -0.3 is 4.48 Å². The first-order valence-electron chi connectivity index (χ1n) is 10.1. The molecule has 0 bridgehead atoms. The number of sulfone groups is 1. The molecular formula is C23H32NO2S+. The van der Waals surface area contributed by atoms with Crippen molar-refractivity contribution in [2.45, 2.75) is 51.0 Å². The monoisotopic (exact) mass is 386 g/mol. The molecule has 0 aliphatic carbocycles. The topological polar surface area (TPSA) is 34.1 Å². The van der Waals surface area contributed by atoms with Crippen molar-refractivity contribution in [3.63, 3.8) is 0 Å². The van der Waals surface area contributed by atoms with E-state index in [0.717, 1.165) is 35.2 Å². The van der Waals surface area contributed by atoms with Crippen LogP contribution in [0.3, 0.4) is 0 Å². The Morgan fingerprint density at radius 1 is 0.815 bits per heavy atom. The predicted octanol–water partition coefficient (Wildman–Crippen LogP) is 4.67. The zero-order valence-corrected chi connectivity index (χ0v) is 17.5. The van der Waals surface area contributed by atoms with Crippen molar-refractivity contribution in [2.75, 3.05) is 25.4 Å². The maximum atomic E-state index is 13.2. The van der Waals surface area contributed by atoms with E-state index in [-0.39, 0.29) is 5.75 Å². The minimum atomic E-state index is -3.28. The Morgan fingerprint density at radius 2 is 1.41 bits per heavy atom. The van der Waals surface area contributed by atoms with E-state index in [0.29, 0.717) is 11.4 Å². The maximum absolute atomic E-state index is 13.2. The molecule has 0 saturated carbocycles. The summed E-state index contributed by atoms with van der Waals surface area (Å²) in [5, 5.41) is 0. The Balaban J connectivity index is 1.84. The van der Waals surface area contributed by atoms with Gasteiger partial charge in [-0.15, -0.1) is 0 Å². The number of benzene rings is 2. The van der Waals surface area contributed by atoms with Crippen LogP contribution < -0.4 is 0 Å². The van der Waals surface area contributed by atoms with Crippen LogP contribution >= 0.6 is 0 Å². The van der Waals surface area contributed by atoms with E-state index in [2.05, 4.69) is 24.3 Å². The van der Waals surface area contributed by atoms with Gasteiger partial charge in [0.05, 0.1) is 24.5 Å². The number of quaternary nitrogens is 1. The number of hydrogen-bond acceptors (Lipinski definition) is 2. The average molecular weight is 387 g/mol. The van der Waals surface area contributed by atoms with Gasteiger partial charge in [-0.3, -0.25) is 0 Å². The second-order valence-corrected chi connectivity index (χ2v) is 10.2. The molecule has 1 aliphatic heterocycles. The number of likely N-dealkylation sites (tertiary alicyclic amines) is 1. The van der Waals surface area contributed by atoms with Crippen LogP contribution in [0.15, 0.2) is 53.4 Å². The number of rotatable bonds is 6. The highest BCUT2D eigenvalue weighted by atomic mass is 32.2. The summed E-state index contributed by atoms with van der Waals surface area (Å²) >= 11 is 0. The van der Waals surface area contributed by atoms with E-state index in [4.69, 9.17) is 0 Å². The lowest BCUT2D eigenvalue weighted by Crippen LogP contribution is -2.50. The standard InChI is InChI=1S/C23H32NO2S/c1-20-11-10-12-21(2)23(20)27(25,26)18-17-24(15-8-3-4-9-16-24)19-22-13-6-5-7-14-22/h5-7,10-14H,3-4,8-9,15-19H2,1-2H3/q+1. The summed E-state index contributed by atoms with van der Waals surface area (Å²) in [5.41, 5.74) is 3.03. The summed E-state index contributed by atoms with van der Waals surface area (Å²) < 4.78 is 27.3. The molecule has 0 amide bonds. The molecule has 1 heterocycles. The minimum absolute atomic E-state index is 0.228. The zero-order chi connectivity index (χ0) is 19.3. The van der Waals surface area contributed by atoms with Gasteiger partial charge in [0.1, 0.15) is 12.3 Å². The van der Waals surface area contributed by atoms with Gasteiger partial charge in [-0.05, 0) is 50.7 Å². The van der Waals surface area contributed by atoms with Crippen LogP contribution in [0.2, 0.25) is 0 Å². The Hall–Kier alpha value is -1.65. The zero-order valence-electron chi connectivity index (χ0n) is 16.7. The van der Waals surface area contributed by atoms with Gasteiger partial charge >= 0.3 is 0 Å². The second kappa shape index (κ2) is 8.57. The predicted molar refractivity (Wildman–Crippen MR) is 111 cm³/mol. The highest BCUT2D eigenvalue weighted by molar-refractivity contribution is 7.91. The van der Waals surface area contributed by atoms with E-state index >= 15 is 0 Å². The molecule has 0 N–H and O–H groups in total. The van der Waals surface area contributed by atoms with Gasteiger partial charge in [0.25, 0.3) is 0 Å². The van der Waals surface area contributed by atoms with Crippen molar-refractivity contribution in [1.82, 2.24) is 0 Å². The fourth-order valence-electron chi connectivity index (χ4n) is 4.50. The van der Waals surface area contributed by atoms with Gasteiger partial charge in [0, 0.05) is 5.56 Å². The van der Waals surface area contributed by atoms with Crippen LogP contribution in [0, 0.1) is 13.8 Å². The molecule has 0 spiro atoms. The van der Waals surface area contributed by atoms with Crippen molar-refractivity contribution in [3.05, 3.63) is 65.2 Å². The molecule has 0 atom stereocenters. The lowest BCUT2D eigenvalue weighted by atomic mass is 10.1. The van der Waals surface area contributed by atoms with E-state index in [1.165, 1.54) is 31.2 Å². The molecule has 1 saturated heterocycles. The summed E-state index contributed by atoms with van der Waals surface area (Å²) in [7, 11) is -3.28. The second-order valence-electron chi connectivity index (χ2n) is 8.11. The molecule has 146 valence electrons. The summed E-state index contributed by atoms with van der Waals surface area (Å²) in [6, 6.07) is 16.3. The molecule has 0 unspecified atom stereocenters. The van der Waals surface area contributed by atoms with Crippen molar-refractivity contribution < 1.29 is 12.9 Å². The van der Waals surface area contributed by atoms with Crippen molar-refractivity contribution in [3.8, 4) is 0 Å². The fraction of sp³-hybridized carbons (Fsp3) is 0.478. The molecule has 1 fully saturated rings. The van der Waals surface area contributed by atoms with Crippen LogP contribution in [-0.2, 0) is 16.4 Å². The first-order valence-corrected chi connectivity index (χ1v) is 11.8. The first-order chi connectivity index (χ1) is 12.9. The SMILES string of the molecule is Cc1cccc(C)c1S(=O)(=O)CC[N+]1(Cc2ccccc2)CCCCCC1. The smallest absolute Gasteiger partial charge is 0.184 e. The van der Waals surface area contributed by atoms with Gasteiger partial charge in [-0.1, -0.05) is 48.5 Å². The molecule has 2 aromatic carbocycles. The highest BCUT2D eigenvalue weighted by Crippen LogP contribution is 2.25. The van der Waals surface area contributed by atoms with Crippen LogP contribution in [-0.4, -0.2) is 38.3 Å². The maximum Gasteiger partial charge on any atom is 0.184 e. The van der Waals surface area contributed by atoms with Crippen LogP contribution in [0.25, 0.3) is 0 Å². The Labute approximate surface area is 164 Å². The van der Waals surface area contributed by atoms with Crippen LogP contribution in [0.4, 0.5) is 0 Å². The number of hydrogen-bond donors (Lipinski definition) is 0. The summed E-state index contributed by atoms with van der Waals surface area (Å²) in [5.74, 6) is 0.228. The largest absolute Gasteiger partial charge is 0.319 e. The van der Waals surface area contributed by atoms with Gasteiger partial charge in [-0.25, -0.2) is 8.42 Å². The molecule has 1 aliphatic rings. The van der Waals surface area contributed by atoms with E-state index in [1.54, 1.807) is 0 Å². The van der Waals surface area contributed by atoms with E-state index in [1.807, 2.05) is 38.1 Å². The Bertz CT molecular complexity index is 831. The van der Waals surface area contributed by atoms with Crippen molar-refractivity contribution in [2.24, 2.45) is 0 Å². The molecule has 3 nitrogen and oxygen atoms in total. The summed E-state index contributed by atoms with van der Waals surface area (Å²) in [6.07, 6.45) is 4.91. The quantitative estimate of drug-likeness (QED) is 0.676. The molecule has 2 aromatic rings. The highest BCUT2D eigenvalue weighted by Gasteiger charge is 2.32. The normalized spacial score (nSPS) is 17.4. The van der Waals surface area contributed by atoms with Crippen molar-refractivity contribution in [1.29, 1.82) is 0 Å². The number of aryl methyl sites for hydroxylation is 2. The fourth-order valence-corrected chi connectivity index (χ4v) is 6.45. The molecular weight excluding hydrogens is 354 g/mol. The lowest BCUT2D eigenvalue weighted by Gasteiger charge is -2.38. The Morgan fingerprint density at radius 3 is 2.00 bits per heavy atom. The Kier molecular flexibility index (Phi) is 6.38. The van der Waals surface area contributed by atoms with E-state index in [9.17, 15) is 8.42 Å². The van der Waals surface area contributed by atoms with Gasteiger partial charge in [0.15, 0.2) is 9.84 Å². The van der Waals surface area contributed by atoms with E-state index < -0.39 is 9.84 Å². The molecule has 0 aromatic heterocycles. The first kappa shape index (κ1) is 20.1. The minimum Gasteiger partial charge on any atom is -0.319 e. The van der Waals surface area contributed by atoms with Crippen LogP contribution in [0.1, 0.15) is 42.4 Å². The van der Waals surface area contributed by atoms with Crippen molar-refractivity contribution >= 4 is 9.84 Å². The third-order valence-corrected chi connectivity index (χ3v) is 7.92. The molecule has 3 rings (SSSR count). The lowest BCUT2D eigenvalue weighted by molar-refractivity contribution is -0.938. The number of nitrogens with zero attached hydrogens (tertiary/aromatic N) is 1. The summed E-state index contributed by atoms with van der Waals surface area (Å²) in [4.78, 5) is 0.540. The van der Waals surface area contributed by atoms with Crippen LogP contribution in [0.5, 0.6) is 0 Å². The van der Waals surface area contributed by atoms with Gasteiger partial charge in [0.2, 0.25) is 0 Å². The third-order valence-electron chi connectivity index (χ3n) is 5.93. The molecule has 27 heavy (non-hydrogen) atoms. The van der Waals surface area contributed by atoms with Gasteiger partial charge in [-0.2, -0.15) is 0 Å². The summed E-state index contributed by atoms with van der Waals surface area (Å²) in [6.45, 7) is 7.60. The average Bonchev–Trinajstić information content (AvgIpc) is 2.87. The molecule has 0 radical (unpaired) electrons. The molecule has 4 heteroatoms.